The molecule has 0 spiro atoms. The Bertz CT molecular complexity index is 300. The largest absolute Gasteiger partial charge is 0.356 e. The van der Waals surface area contributed by atoms with Crippen molar-refractivity contribution in [2.75, 3.05) is 19.6 Å². The maximum atomic E-state index is 12.1. The van der Waals surface area contributed by atoms with Crippen LogP contribution in [0.15, 0.2) is 0 Å². The van der Waals surface area contributed by atoms with E-state index in [1.54, 1.807) is 0 Å². The van der Waals surface area contributed by atoms with Gasteiger partial charge in [-0.15, -0.1) is 12.4 Å². The molecule has 19 heavy (non-hydrogen) atoms. The number of halogens is 1. The highest BCUT2D eigenvalue weighted by Crippen LogP contribution is 2.11. The molecule has 2 amide bonds. The van der Waals surface area contributed by atoms with Crippen LogP contribution in [0.25, 0.3) is 0 Å². The number of piperazine rings is 1. The summed E-state index contributed by atoms with van der Waals surface area (Å²) in [5.74, 6) is 0.0588. The molecule has 0 radical (unpaired) electrons. The molecule has 0 aliphatic carbocycles. The van der Waals surface area contributed by atoms with Crippen LogP contribution in [0.1, 0.15) is 40.0 Å². The van der Waals surface area contributed by atoms with Crippen molar-refractivity contribution in [1.82, 2.24) is 15.5 Å². The summed E-state index contributed by atoms with van der Waals surface area (Å²) in [7, 11) is 0. The normalized spacial score (nSPS) is 22.6. The Morgan fingerprint density at radius 3 is 2.63 bits per heavy atom. The maximum absolute atomic E-state index is 12.1. The molecule has 112 valence electrons. The van der Waals surface area contributed by atoms with Crippen LogP contribution in [0.4, 0.5) is 0 Å². The Balaban J connectivity index is 0.00000324. The summed E-state index contributed by atoms with van der Waals surface area (Å²) in [5.41, 5.74) is 0. The molecule has 0 aromatic carbocycles. The van der Waals surface area contributed by atoms with Gasteiger partial charge in [0.05, 0.1) is 0 Å². The molecule has 0 aromatic heterocycles. The topological polar surface area (TPSA) is 61.4 Å². The fraction of sp³-hybridized carbons (Fsp3) is 0.846. The van der Waals surface area contributed by atoms with Crippen molar-refractivity contribution >= 4 is 24.2 Å². The lowest BCUT2D eigenvalue weighted by atomic mass is 10.1. The maximum Gasteiger partial charge on any atom is 0.223 e. The van der Waals surface area contributed by atoms with E-state index in [2.05, 4.69) is 17.6 Å². The average Bonchev–Trinajstić information content (AvgIpc) is 2.36. The van der Waals surface area contributed by atoms with E-state index in [-0.39, 0.29) is 30.3 Å². The van der Waals surface area contributed by atoms with Crippen LogP contribution in [0.5, 0.6) is 0 Å². The highest BCUT2D eigenvalue weighted by atomic mass is 35.5. The van der Waals surface area contributed by atoms with Crippen LogP contribution < -0.4 is 10.6 Å². The second-order valence-electron chi connectivity index (χ2n) is 4.92. The molecule has 0 bridgehead atoms. The minimum absolute atomic E-state index is 0. The SMILES string of the molecule is CCCNC(=O)CCC(=O)N1CCNC(C)C1C.Cl. The Hall–Kier alpha value is -0.810. The Kier molecular flexibility index (Phi) is 8.76. The lowest BCUT2D eigenvalue weighted by Gasteiger charge is -2.38. The second kappa shape index (κ2) is 9.15. The summed E-state index contributed by atoms with van der Waals surface area (Å²) in [5, 5.41) is 6.12. The molecule has 1 saturated heterocycles. The van der Waals surface area contributed by atoms with E-state index in [0.717, 1.165) is 19.5 Å². The minimum Gasteiger partial charge on any atom is -0.356 e. The van der Waals surface area contributed by atoms with Gasteiger partial charge in [-0.2, -0.15) is 0 Å². The first-order chi connectivity index (χ1) is 8.56. The molecular weight excluding hydrogens is 266 g/mol. The molecule has 1 fully saturated rings. The summed E-state index contributed by atoms with van der Waals surface area (Å²) < 4.78 is 0. The third-order valence-electron chi connectivity index (χ3n) is 3.49. The zero-order valence-corrected chi connectivity index (χ0v) is 12.9. The van der Waals surface area contributed by atoms with Crippen LogP contribution >= 0.6 is 12.4 Å². The van der Waals surface area contributed by atoms with E-state index in [1.807, 2.05) is 18.7 Å². The van der Waals surface area contributed by atoms with Crippen LogP contribution in [-0.2, 0) is 9.59 Å². The van der Waals surface area contributed by atoms with Crippen molar-refractivity contribution in [2.24, 2.45) is 0 Å². The smallest absolute Gasteiger partial charge is 0.223 e. The summed E-state index contributed by atoms with van der Waals surface area (Å²) in [4.78, 5) is 25.4. The predicted molar refractivity (Wildman–Crippen MR) is 78.4 cm³/mol. The Labute approximate surface area is 121 Å². The molecule has 1 rings (SSSR count). The molecule has 0 saturated carbocycles. The highest BCUT2D eigenvalue weighted by Gasteiger charge is 2.27. The standard InChI is InChI=1S/C13H25N3O2.ClH/c1-4-7-15-12(17)5-6-13(18)16-9-8-14-10(2)11(16)3;/h10-11,14H,4-9H2,1-3H3,(H,15,17);1H. The van der Waals surface area contributed by atoms with E-state index in [9.17, 15) is 9.59 Å². The third-order valence-corrected chi connectivity index (χ3v) is 3.49. The molecule has 1 heterocycles. The summed E-state index contributed by atoms with van der Waals surface area (Å²) >= 11 is 0. The van der Waals surface area contributed by atoms with Crippen LogP contribution in [0, 0.1) is 0 Å². The molecule has 1 aliphatic heterocycles. The number of nitrogens with one attached hydrogen (secondary N) is 2. The third kappa shape index (κ3) is 5.78. The van der Waals surface area contributed by atoms with Gasteiger partial charge in [-0.1, -0.05) is 6.92 Å². The Morgan fingerprint density at radius 2 is 2.00 bits per heavy atom. The molecule has 2 atom stereocenters. The monoisotopic (exact) mass is 291 g/mol. The Morgan fingerprint density at radius 1 is 1.32 bits per heavy atom. The fourth-order valence-electron chi connectivity index (χ4n) is 2.13. The fourth-order valence-corrected chi connectivity index (χ4v) is 2.13. The van der Waals surface area contributed by atoms with E-state index < -0.39 is 0 Å². The first kappa shape index (κ1) is 18.2. The molecule has 2 unspecified atom stereocenters. The molecular formula is C13H26ClN3O2. The number of rotatable bonds is 5. The summed E-state index contributed by atoms with van der Waals surface area (Å²) in [6.45, 7) is 8.40. The van der Waals surface area contributed by atoms with Crippen molar-refractivity contribution in [3.63, 3.8) is 0 Å². The van der Waals surface area contributed by atoms with Crippen LogP contribution in [0.2, 0.25) is 0 Å². The van der Waals surface area contributed by atoms with Gasteiger partial charge in [0.25, 0.3) is 0 Å². The van der Waals surface area contributed by atoms with Crippen LogP contribution in [-0.4, -0.2) is 48.4 Å². The summed E-state index contributed by atoms with van der Waals surface area (Å²) in [6.07, 6.45) is 1.53. The van der Waals surface area contributed by atoms with Crippen LogP contribution in [0.3, 0.4) is 0 Å². The molecule has 1 aliphatic rings. The van der Waals surface area contributed by atoms with Gasteiger partial charge in [0.15, 0.2) is 0 Å². The lowest BCUT2D eigenvalue weighted by molar-refractivity contribution is -0.136. The van der Waals surface area contributed by atoms with E-state index in [0.29, 0.717) is 25.4 Å². The first-order valence-corrected chi connectivity index (χ1v) is 6.85. The number of amides is 2. The van der Waals surface area contributed by atoms with Gasteiger partial charge in [-0.3, -0.25) is 9.59 Å². The van der Waals surface area contributed by atoms with Gasteiger partial charge in [-0.25, -0.2) is 0 Å². The second-order valence-corrected chi connectivity index (χ2v) is 4.92. The predicted octanol–water partition coefficient (Wildman–Crippen LogP) is 0.923. The lowest BCUT2D eigenvalue weighted by Crippen LogP contribution is -2.57. The number of nitrogens with zero attached hydrogens (tertiary/aromatic N) is 1. The van der Waals surface area contributed by atoms with Crippen molar-refractivity contribution in [3.05, 3.63) is 0 Å². The molecule has 2 N–H and O–H groups in total. The zero-order valence-electron chi connectivity index (χ0n) is 12.1. The number of carbonyl (C=O) groups is 2. The highest BCUT2D eigenvalue weighted by molar-refractivity contribution is 5.85. The van der Waals surface area contributed by atoms with Crippen molar-refractivity contribution < 1.29 is 9.59 Å². The summed E-state index contributed by atoms with van der Waals surface area (Å²) in [6, 6.07) is 0.515. The molecule has 0 aromatic rings. The van der Waals surface area contributed by atoms with Crippen molar-refractivity contribution in [2.45, 2.75) is 52.1 Å². The van der Waals surface area contributed by atoms with E-state index in [4.69, 9.17) is 0 Å². The van der Waals surface area contributed by atoms with E-state index in [1.165, 1.54) is 0 Å². The van der Waals surface area contributed by atoms with Crippen molar-refractivity contribution in [1.29, 1.82) is 0 Å². The van der Waals surface area contributed by atoms with Gasteiger partial charge >= 0.3 is 0 Å². The molecule has 5 nitrogen and oxygen atoms in total. The number of carbonyl (C=O) groups excluding carboxylic acids is 2. The zero-order chi connectivity index (χ0) is 13.5. The van der Waals surface area contributed by atoms with Gasteiger partial charge in [0.2, 0.25) is 11.8 Å². The van der Waals surface area contributed by atoms with E-state index >= 15 is 0 Å². The molecule has 6 heteroatoms. The number of hydrogen-bond donors (Lipinski definition) is 2. The minimum atomic E-state index is -0.0268. The first-order valence-electron chi connectivity index (χ1n) is 6.85. The van der Waals surface area contributed by atoms with Gasteiger partial charge in [-0.05, 0) is 20.3 Å². The van der Waals surface area contributed by atoms with Crippen molar-refractivity contribution in [3.8, 4) is 0 Å². The average molecular weight is 292 g/mol. The number of hydrogen-bond acceptors (Lipinski definition) is 3. The quantitative estimate of drug-likeness (QED) is 0.792. The van der Waals surface area contributed by atoms with Gasteiger partial charge in [0.1, 0.15) is 0 Å². The van der Waals surface area contributed by atoms with Gasteiger partial charge < -0.3 is 15.5 Å². The van der Waals surface area contributed by atoms with Gasteiger partial charge in [0, 0.05) is 44.6 Å².